The van der Waals surface area contributed by atoms with E-state index < -0.39 is 10.1 Å². The molecule has 58 valence electrons. The van der Waals surface area contributed by atoms with Crippen LogP contribution < -0.4 is 0 Å². The van der Waals surface area contributed by atoms with Crippen molar-refractivity contribution in [2.24, 2.45) is 0 Å². The van der Waals surface area contributed by atoms with Crippen LogP contribution >= 0.6 is 0 Å². The first kappa shape index (κ1) is 7.75. The summed E-state index contributed by atoms with van der Waals surface area (Å²) in [6.45, 7) is 2.11. The van der Waals surface area contributed by atoms with Gasteiger partial charge < -0.3 is 0 Å². The van der Waals surface area contributed by atoms with Gasteiger partial charge >= 0.3 is 0 Å². The zero-order valence-electron chi connectivity index (χ0n) is 5.83. The topological polar surface area (TPSA) is 43.4 Å². The lowest BCUT2D eigenvalue weighted by Gasteiger charge is -1.93. The fraction of sp³-hybridized carbons (Fsp3) is 0.667. The van der Waals surface area contributed by atoms with Gasteiger partial charge in [0.25, 0.3) is 10.1 Å². The second-order valence-corrected chi connectivity index (χ2v) is 3.84. The third-order valence-corrected chi connectivity index (χ3v) is 2.49. The third-order valence-electron chi connectivity index (χ3n) is 1.31. The van der Waals surface area contributed by atoms with Gasteiger partial charge in [-0.25, -0.2) is 0 Å². The Labute approximate surface area is 60.8 Å². The standard InChI is InChI=1S/C6H10O3S/c1-6-3-2-4-9-10(7,8)5-6/h5H,2-4H2,1H3. The zero-order chi connectivity index (χ0) is 7.61. The van der Waals surface area contributed by atoms with Crippen LogP contribution in [0.1, 0.15) is 19.8 Å². The first-order chi connectivity index (χ1) is 4.60. The summed E-state index contributed by atoms with van der Waals surface area (Å²) >= 11 is 0. The van der Waals surface area contributed by atoms with Crippen molar-refractivity contribution < 1.29 is 12.6 Å². The first-order valence-corrected chi connectivity index (χ1v) is 4.64. The Kier molecular flexibility index (Phi) is 2.11. The summed E-state index contributed by atoms with van der Waals surface area (Å²) in [5.74, 6) is 0. The molecule has 1 aliphatic heterocycles. The van der Waals surface area contributed by atoms with Crippen molar-refractivity contribution in [2.75, 3.05) is 6.61 Å². The van der Waals surface area contributed by atoms with E-state index in [2.05, 4.69) is 4.18 Å². The van der Waals surface area contributed by atoms with Crippen molar-refractivity contribution >= 4 is 10.1 Å². The maximum atomic E-state index is 10.8. The van der Waals surface area contributed by atoms with Crippen LogP contribution in [0.25, 0.3) is 0 Å². The smallest absolute Gasteiger partial charge is 0.267 e. The van der Waals surface area contributed by atoms with Gasteiger partial charge in [0.15, 0.2) is 0 Å². The van der Waals surface area contributed by atoms with Crippen LogP contribution in [-0.2, 0) is 14.3 Å². The molecule has 0 aromatic rings. The molecular weight excluding hydrogens is 152 g/mol. The van der Waals surface area contributed by atoms with Gasteiger partial charge in [0.1, 0.15) is 0 Å². The maximum absolute atomic E-state index is 10.8. The molecule has 0 aromatic heterocycles. The monoisotopic (exact) mass is 162 g/mol. The molecule has 0 radical (unpaired) electrons. The van der Waals surface area contributed by atoms with Crippen LogP contribution in [0, 0.1) is 0 Å². The van der Waals surface area contributed by atoms with Gasteiger partial charge in [-0.1, -0.05) is 5.57 Å². The minimum atomic E-state index is -3.33. The van der Waals surface area contributed by atoms with Crippen molar-refractivity contribution in [3.8, 4) is 0 Å². The van der Waals surface area contributed by atoms with Crippen LogP contribution in [0.5, 0.6) is 0 Å². The predicted octanol–water partition coefficient (Wildman–Crippen LogP) is 1.03. The number of hydrogen-bond acceptors (Lipinski definition) is 3. The average molecular weight is 162 g/mol. The summed E-state index contributed by atoms with van der Waals surface area (Å²) in [6, 6.07) is 0. The SMILES string of the molecule is CC1=CS(=O)(=O)OCCC1. The van der Waals surface area contributed by atoms with E-state index in [4.69, 9.17) is 0 Å². The summed E-state index contributed by atoms with van der Waals surface area (Å²) < 4.78 is 26.1. The van der Waals surface area contributed by atoms with Gasteiger partial charge in [-0.05, 0) is 19.8 Å². The molecule has 0 aromatic carbocycles. The van der Waals surface area contributed by atoms with Crippen molar-refractivity contribution in [1.29, 1.82) is 0 Å². The lowest BCUT2D eigenvalue weighted by atomic mass is 10.2. The fourth-order valence-electron chi connectivity index (χ4n) is 0.865. The van der Waals surface area contributed by atoms with E-state index in [1.165, 1.54) is 5.41 Å². The van der Waals surface area contributed by atoms with E-state index in [0.29, 0.717) is 6.61 Å². The molecule has 0 saturated heterocycles. The highest BCUT2D eigenvalue weighted by molar-refractivity contribution is 7.89. The molecule has 1 rings (SSSR count). The largest absolute Gasteiger partial charge is 0.290 e. The van der Waals surface area contributed by atoms with Crippen molar-refractivity contribution in [2.45, 2.75) is 19.8 Å². The lowest BCUT2D eigenvalue weighted by Crippen LogP contribution is -2.00. The minimum Gasteiger partial charge on any atom is -0.267 e. The summed E-state index contributed by atoms with van der Waals surface area (Å²) in [4.78, 5) is 0. The highest BCUT2D eigenvalue weighted by atomic mass is 32.2. The van der Waals surface area contributed by atoms with Gasteiger partial charge in [-0.15, -0.1) is 0 Å². The predicted molar refractivity (Wildman–Crippen MR) is 37.9 cm³/mol. The Balaban J connectivity index is 2.88. The second-order valence-electron chi connectivity index (χ2n) is 2.38. The number of hydrogen-bond donors (Lipinski definition) is 0. The first-order valence-electron chi connectivity index (χ1n) is 3.17. The Morgan fingerprint density at radius 1 is 1.60 bits per heavy atom. The van der Waals surface area contributed by atoms with Crippen molar-refractivity contribution in [3.63, 3.8) is 0 Å². The second kappa shape index (κ2) is 2.72. The van der Waals surface area contributed by atoms with Crippen LogP contribution in [-0.4, -0.2) is 15.0 Å². The molecular formula is C6H10O3S. The molecule has 0 aliphatic carbocycles. The highest BCUT2D eigenvalue weighted by Gasteiger charge is 2.10. The molecule has 3 nitrogen and oxygen atoms in total. The quantitative estimate of drug-likeness (QED) is 0.500. The van der Waals surface area contributed by atoms with Gasteiger partial charge in [-0.2, -0.15) is 8.42 Å². The molecule has 0 fully saturated rings. The maximum Gasteiger partial charge on any atom is 0.290 e. The molecule has 4 heteroatoms. The fourth-order valence-corrected chi connectivity index (χ4v) is 1.89. The normalized spacial score (nSPS) is 25.1. The summed E-state index contributed by atoms with van der Waals surface area (Å²) in [5.41, 5.74) is 0.873. The highest BCUT2D eigenvalue weighted by Crippen LogP contribution is 2.13. The van der Waals surface area contributed by atoms with E-state index in [1.807, 2.05) is 0 Å². The van der Waals surface area contributed by atoms with E-state index in [-0.39, 0.29) is 0 Å². The molecule has 0 N–H and O–H groups in total. The van der Waals surface area contributed by atoms with E-state index in [0.717, 1.165) is 18.4 Å². The van der Waals surface area contributed by atoms with E-state index in [1.54, 1.807) is 6.92 Å². The Hall–Kier alpha value is -0.350. The average Bonchev–Trinajstić information content (AvgIpc) is 1.90. The van der Waals surface area contributed by atoms with Gasteiger partial charge in [0.2, 0.25) is 0 Å². The molecule has 10 heavy (non-hydrogen) atoms. The molecule has 0 saturated carbocycles. The lowest BCUT2D eigenvalue weighted by molar-refractivity contribution is 0.322. The summed E-state index contributed by atoms with van der Waals surface area (Å²) in [5, 5.41) is 1.19. The van der Waals surface area contributed by atoms with Gasteiger partial charge in [-0.3, -0.25) is 4.18 Å². The summed E-state index contributed by atoms with van der Waals surface area (Å²) in [7, 11) is -3.33. The van der Waals surface area contributed by atoms with E-state index >= 15 is 0 Å². The number of rotatable bonds is 0. The molecule has 0 spiro atoms. The molecule has 0 amide bonds. The molecule has 0 bridgehead atoms. The van der Waals surface area contributed by atoms with Crippen LogP contribution in [0.2, 0.25) is 0 Å². The third kappa shape index (κ3) is 2.11. The Morgan fingerprint density at radius 3 is 3.00 bits per heavy atom. The van der Waals surface area contributed by atoms with Crippen LogP contribution in [0.15, 0.2) is 11.0 Å². The molecule has 0 atom stereocenters. The van der Waals surface area contributed by atoms with Crippen LogP contribution in [0.3, 0.4) is 0 Å². The molecule has 1 aliphatic rings. The van der Waals surface area contributed by atoms with E-state index in [9.17, 15) is 8.42 Å². The molecule has 1 heterocycles. The van der Waals surface area contributed by atoms with Crippen molar-refractivity contribution in [1.82, 2.24) is 0 Å². The minimum absolute atomic E-state index is 0.316. The van der Waals surface area contributed by atoms with Crippen molar-refractivity contribution in [3.05, 3.63) is 11.0 Å². The van der Waals surface area contributed by atoms with Gasteiger partial charge in [0.05, 0.1) is 12.0 Å². The Morgan fingerprint density at radius 2 is 2.30 bits per heavy atom. The summed E-state index contributed by atoms with van der Waals surface area (Å²) in [6.07, 6.45) is 1.61. The van der Waals surface area contributed by atoms with Crippen LogP contribution in [0.4, 0.5) is 0 Å². The zero-order valence-corrected chi connectivity index (χ0v) is 6.65. The molecule has 0 unspecified atom stereocenters. The number of allylic oxidation sites excluding steroid dienone is 1. The Bertz CT molecular complexity index is 238. The van der Waals surface area contributed by atoms with Gasteiger partial charge in [0, 0.05) is 0 Å².